The van der Waals surface area contributed by atoms with Crippen molar-refractivity contribution in [3.63, 3.8) is 0 Å². The summed E-state index contributed by atoms with van der Waals surface area (Å²) in [7, 11) is 0. The molecule has 2 amide bonds. The molecule has 86 valence electrons. The number of hydrogen-bond acceptors (Lipinski definition) is 4. The fourth-order valence-corrected chi connectivity index (χ4v) is 2.44. The van der Waals surface area contributed by atoms with Crippen LogP contribution < -0.4 is 10.6 Å². The minimum atomic E-state index is -1.25. The lowest BCUT2D eigenvalue weighted by molar-refractivity contribution is -0.107. The number of amides is 2. The highest BCUT2D eigenvalue weighted by Crippen LogP contribution is 2.31. The first-order valence-corrected chi connectivity index (χ1v) is 5.66. The standard InChI is InChI=1S/C8H7BrN2O4S/c9-5-3-4(6(13)10-1-2-12)7(16-5)11-8(14)15/h2-3,11H,1H2,(H,10,13)(H,14,15). The second kappa shape index (κ2) is 5.61. The van der Waals surface area contributed by atoms with Gasteiger partial charge in [-0.2, -0.15) is 0 Å². The molecule has 0 bridgehead atoms. The average molecular weight is 307 g/mol. The summed E-state index contributed by atoms with van der Waals surface area (Å²) >= 11 is 4.23. The maximum Gasteiger partial charge on any atom is 0.409 e. The Bertz CT molecular complexity index is 432. The number of hydrogen-bond donors (Lipinski definition) is 3. The smallest absolute Gasteiger partial charge is 0.409 e. The predicted octanol–water partition coefficient (Wildman–Crippen LogP) is 1.53. The fraction of sp³-hybridized carbons (Fsp3) is 0.125. The summed E-state index contributed by atoms with van der Waals surface area (Å²) in [5.74, 6) is -0.502. The first kappa shape index (κ1) is 12.7. The van der Waals surface area contributed by atoms with Crippen LogP contribution in [0.15, 0.2) is 9.85 Å². The summed E-state index contributed by atoms with van der Waals surface area (Å²) < 4.78 is 0.618. The Morgan fingerprint density at radius 1 is 1.56 bits per heavy atom. The largest absolute Gasteiger partial charge is 0.465 e. The molecule has 0 unspecified atom stereocenters. The molecule has 0 aliphatic heterocycles. The zero-order valence-corrected chi connectivity index (χ0v) is 10.2. The van der Waals surface area contributed by atoms with Crippen molar-refractivity contribution in [3.8, 4) is 0 Å². The molecule has 0 saturated heterocycles. The molecule has 0 radical (unpaired) electrons. The molecule has 0 spiro atoms. The maximum atomic E-state index is 11.5. The lowest BCUT2D eigenvalue weighted by atomic mass is 10.3. The molecular formula is C8H7BrN2O4S. The Kier molecular flexibility index (Phi) is 4.44. The zero-order chi connectivity index (χ0) is 12.1. The number of anilines is 1. The van der Waals surface area contributed by atoms with Crippen LogP contribution in [0.2, 0.25) is 0 Å². The second-order valence-electron chi connectivity index (χ2n) is 2.60. The van der Waals surface area contributed by atoms with Gasteiger partial charge in [-0.1, -0.05) is 0 Å². The molecule has 3 N–H and O–H groups in total. The molecule has 1 heterocycles. The monoisotopic (exact) mass is 306 g/mol. The van der Waals surface area contributed by atoms with Gasteiger partial charge in [-0.15, -0.1) is 11.3 Å². The molecule has 16 heavy (non-hydrogen) atoms. The van der Waals surface area contributed by atoms with Crippen LogP contribution in [0.4, 0.5) is 9.80 Å². The van der Waals surface area contributed by atoms with Crippen molar-refractivity contribution in [2.24, 2.45) is 0 Å². The van der Waals surface area contributed by atoms with Gasteiger partial charge in [0.25, 0.3) is 5.91 Å². The van der Waals surface area contributed by atoms with E-state index in [2.05, 4.69) is 26.6 Å². The van der Waals surface area contributed by atoms with Gasteiger partial charge in [0.1, 0.15) is 11.3 Å². The minimum Gasteiger partial charge on any atom is -0.465 e. The van der Waals surface area contributed by atoms with Gasteiger partial charge in [-0.3, -0.25) is 10.1 Å². The summed E-state index contributed by atoms with van der Waals surface area (Å²) in [6.45, 7) is -0.112. The lowest BCUT2D eigenvalue weighted by Gasteiger charge is -2.02. The van der Waals surface area contributed by atoms with Crippen molar-refractivity contribution < 1.29 is 19.5 Å². The second-order valence-corrected chi connectivity index (χ2v) is 5.03. The van der Waals surface area contributed by atoms with Gasteiger partial charge in [0.05, 0.1) is 15.9 Å². The number of rotatable bonds is 4. The fourth-order valence-electron chi connectivity index (χ4n) is 0.949. The van der Waals surface area contributed by atoms with Gasteiger partial charge >= 0.3 is 6.09 Å². The molecule has 0 aliphatic rings. The van der Waals surface area contributed by atoms with Crippen LogP contribution in [0.5, 0.6) is 0 Å². The van der Waals surface area contributed by atoms with E-state index in [1.54, 1.807) is 0 Å². The summed E-state index contributed by atoms with van der Waals surface area (Å²) in [4.78, 5) is 32.0. The maximum absolute atomic E-state index is 11.5. The normalized spacial score (nSPS) is 9.56. The van der Waals surface area contributed by atoms with Crippen LogP contribution in [0.3, 0.4) is 0 Å². The van der Waals surface area contributed by atoms with Gasteiger partial charge in [0, 0.05) is 0 Å². The Morgan fingerprint density at radius 3 is 2.81 bits per heavy atom. The molecule has 8 heteroatoms. The third-order valence-corrected chi connectivity index (χ3v) is 3.07. The summed E-state index contributed by atoms with van der Waals surface area (Å²) in [5, 5.41) is 13.2. The van der Waals surface area contributed by atoms with Crippen LogP contribution >= 0.6 is 27.3 Å². The van der Waals surface area contributed by atoms with Crippen LogP contribution in [-0.4, -0.2) is 29.9 Å². The first-order chi connectivity index (χ1) is 7.54. The van der Waals surface area contributed by atoms with Crippen molar-refractivity contribution in [1.82, 2.24) is 5.32 Å². The summed E-state index contributed by atoms with van der Waals surface area (Å²) in [6.07, 6.45) is -0.706. The van der Waals surface area contributed by atoms with Crippen molar-refractivity contribution >= 4 is 50.6 Å². The van der Waals surface area contributed by atoms with Gasteiger partial charge in [-0.25, -0.2) is 4.79 Å². The van der Waals surface area contributed by atoms with E-state index in [-0.39, 0.29) is 17.1 Å². The van der Waals surface area contributed by atoms with E-state index in [1.165, 1.54) is 6.07 Å². The molecule has 0 saturated carbocycles. The van der Waals surface area contributed by atoms with Gasteiger partial charge in [0.2, 0.25) is 0 Å². The Hall–Kier alpha value is -1.41. The first-order valence-electron chi connectivity index (χ1n) is 4.05. The van der Waals surface area contributed by atoms with Gasteiger partial charge in [-0.05, 0) is 22.0 Å². The number of halogens is 1. The van der Waals surface area contributed by atoms with Crippen LogP contribution in [0.25, 0.3) is 0 Å². The zero-order valence-electron chi connectivity index (χ0n) is 7.82. The van der Waals surface area contributed by atoms with Crippen molar-refractivity contribution in [2.45, 2.75) is 0 Å². The molecule has 1 aromatic rings. The highest BCUT2D eigenvalue weighted by atomic mass is 79.9. The van der Waals surface area contributed by atoms with E-state index in [1.807, 2.05) is 0 Å². The molecule has 0 aromatic carbocycles. The third kappa shape index (κ3) is 3.31. The highest BCUT2D eigenvalue weighted by Gasteiger charge is 2.16. The van der Waals surface area contributed by atoms with Crippen molar-refractivity contribution in [1.29, 1.82) is 0 Å². The van der Waals surface area contributed by atoms with E-state index in [0.717, 1.165) is 11.3 Å². The van der Waals surface area contributed by atoms with Crippen molar-refractivity contribution in [2.75, 3.05) is 11.9 Å². The Labute approximate surface area is 103 Å². The molecular weight excluding hydrogens is 300 g/mol. The molecule has 1 rings (SSSR count). The SMILES string of the molecule is O=CCNC(=O)c1cc(Br)sc1NC(=O)O. The Balaban J connectivity index is 2.88. The van der Waals surface area contributed by atoms with Gasteiger partial charge < -0.3 is 15.2 Å². The third-order valence-electron chi connectivity index (χ3n) is 1.51. The van der Waals surface area contributed by atoms with E-state index in [0.29, 0.717) is 10.1 Å². The number of aldehydes is 1. The van der Waals surface area contributed by atoms with Crippen LogP contribution in [-0.2, 0) is 4.79 Å². The predicted molar refractivity (Wildman–Crippen MR) is 62.1 cm³/mol. The van der Waals surface area contributed by atoms with Crippen LogP contribution in [0, 0.1) is 0 Å². The highest BCUT2D eigenvalue weighted by molar-refractivity contribution is 9.11. The number of carboxylic acid groups (broad SMARTS) is 1. The number of carbonyl (C=O) groups excluding carboxylic acids is 2. The number of nitrogens with one attached hydrogen (secondary N) is 2. The topological polar surface area (TPSA) is 95.5 Å². The van der Waals surface area contributed by atoms with E-state index < -0.39 is 12.0 Å². The lowest BCUT2D eigenvalue weighted by Crippen LogP contribution is -2.25. The number of carbonyl (C=O) groups is 3. The average Bonchev–Trinajstić information content (AvgIpc) is 2.55. The molecule has 0 aliphatic carbocycles. The van der Waals surface area contributed by atoms with Crippen LogP contribution in [0.1, 0.15) is 10.4 Å². The quantitative estimate of drug-likeness (QED) is 0.735. The van der Waals surface area contributed by atoms with E-state index in [4.69, 9.17) is 5.11 Å². The molecule has 6 nitrogen and oxygen atoms in total. The minimum absolute atomic E-state index is 0.112. The van der Waals surface area contributed by atoms with Crippen molar-refractivity contribution in [3.05, 3.63) is 15.4 Å². The summed E-state index contributed by atoms with van der Waals surface area (Å²) in [5.41, 5.74) is 0.182. The molecule has 1 aromatic heterocycles. The number of thiophene rings is 1. The Morgan fingerprint density at radius 2 is 2.25 bits per heavy atom. The van der Waals surface area contributed by atoms with E-state index in [9.17, 15) is 14.4 Å². The molecule has 0 atom stereocenters. The summed E-state index contributed by atoms with van der Waals surface area (Å²) in [6, 6.07) is 1.48. The molecule has 0 fully saturated rings. The van der Waals surface area contributed by atoms with E-state index >= 15 is 0 Å². The van der Waals surface area contributed by atoms with Gasteiger partial charge in [0.15, 0.2) is 0 Å².